The molecule has 0 aliphatic carbocycles. The fourth-order valence-corrected chi connectivity index (χ4v) is 2.83. The molecule has 0 aliphatic heterocycles. The van der Waals surface area contributed by atoms with Crippen LogP contribution in [0.1, 0.15) is 17.2 Å². The molecule has 0 aromatic heterocycles. The van der Waals surface area contributed by atoms with Crippen LogP contribution in [0.15, 0.2) is 36.4 Å². The van der Waals surface area contributed by atoms with Crippen LogP contribution in [0.5, 0.6) is 0 Å². The minimum absolute atomic E-state index is 0.202. The van der Waals surface area contributed by atoms with Crippen molar-refractivity contribution in [3.63, 3.8) is 0 Å². The summed E-state index contributed by atoms with van der Waals surface area (Å²) in [6, 6.07) is 10.2. The van der Waals surface area contributed by atoms with Crippen LogP contribution in [-0.4, -0.2) is 30.9 Å². The SMILES string of the molecule is CS(=O)(=O)O.OCC(OCc1ccc(Cl)cc1Cl)c1ccc(Cl)cc1Cl. The molecule has 2 aromatic rings. The lowest BCUT2D eigenvalue weighted by atomic mass is 10.1. The molecular weight excluding hydrogens is 446 g/mol. The molecule has 0 saturated heterocycles. The summed E-state index contributed by atoms with van der Waals surface area (Å²) in [5, 5.41) is 11.5. The van der Waals surface area contributed by atoms with Crippen molar-refractivity contribution in [1.29, 1.82) is 0 Å². The van der Waals surface area contributed by atoms with Gasteiger partial charge < -0.3 is 9.84 Å². The molecule has 0 saturated carbocycles. The van der Waals surface area contributed by atoms with Gasteiger partial charge in [0, 0.05) is 25.7 Å². The van der Waals surface area contributed by atoms with E-state index < -0.39 is 16.2 Å². The van der Waals surface area contributed by atoms with Crippen LogP contribution in [0.3, 0.4) is 0 Å². The van der Waals surface area contributed by atoms with Gasteiger partial charge >= 0.3 is 0 Å². The van der Waals surface area contributed by atoms with Crippen LogP contribution in [-0.2, 0) is 21.5 Å². The van der Waals surface area contributed by atoms with Crippen molar-refractivity contribution in [1.82, 2.24) is 0 Å². The molecule has 0 spiro atoms. The van der Waals surface area contributed by atoms with Gasteiger partial charge in [-0.25, -0.2) is 0 Å². The summed E-state index contributed by atoms with van der Waals surface area (Å²) in [4.78, 5) is 0. The van der Waals surface area contributed by atoms with E-state index in [1.807, 2.05) is 0 Å². The van der Waals surface area contributed by atoms with Gasteiger partial charge in [0.1, 0.15) is 6.10 Å². The zero-order valence-electron chi connectivity index (χ0n) is 13.5. The molecule has 0 bridgehead atoms. The van der Waals surface area contributed by atoms with Gasteiger partial charge in [-0.1, -0.05) is 58.5 Å². The van der Waals surface area contributed by atoms with Crippen molar-refractivity contribution in [2.45, 2.75) is 12.7 Å². The third-order valence-corrected chi connectivity index (χ3v) is 4.08. The molecule has 2 aromatic carbocycles. The van der Waals surface area contributed by atoms with Crippen molar-refractivity contribution in [3.8, 4) is 0 Å². The average molecular weight is 462 g/mol. The van der Waals surface area contributed by atoms with Crippen LogP contribution < -0.4 is 0 Å². The van der Waals surface area contributed by atoms with Crippen molar-refractivity contribution >= 4 is 56.5 Å². The fourth-order valence-electron chi connectivity index (χ4n) is 1.83. The van der Waals surface area contributed by atoms with Gasteiger partial charge in [-0.05, 0) is 29.8 Å². The first-order valence-electron chi connectivity index (χ1n) is 7.05. The summed E-state index contributed by atoms with van der Waals surface area (Å²) in [7, 11) is -3.67. The van der Waals surface area contributed by atoms with Crippen molar-refractivity contribution in [2.24, 2.45) is 0 Å². The summed E-state index contributed by atoms with van der Waals surface area (Å²) in [5.74, 6) is 0. The first-order chi connectivity index (χ1) is 12.0. The van der Waals surface area contributed by atoms with Crippen molar-refractivity contribution < 1.29 is 22.8 Å². The number of hydrogen-bond acceptors (Lipinski definition) is 4. The van der Waals surface area contributed by atoms with E-state index in [1.54, 1.807) is 36.4 Å². The second-order valence-corrected chi connectivity index (χ2v) is 8.27. The molecule has 1 atom stereocenters. The molecule has 0 fully saturated rings. The Labute approximate surface area is 172 Å². The summed E-state index contributed by atoms with van der Waals surface area (Å²) in [6.07, 6.45) is 0.161. The molecular formula is C16H16Cl4O5S. The van der Waals surface area contributed by atoms with E-state index in [2.05, 4.69) is 0 Å². The van der Waals surface area contributed by atoms with Gasteiger partial charge in [0.25, 0.3) is 10.1 Å². The van der Waals surface area contributed by atoms with Crippen LogP contribution in [0.25, 0.3) is 0 Å². The maximum absolute atomic E-state index is 9.49. The highest BCUT2D eigenvalue weighted by atomic mass is 35.5. The maximum atomic E-state index is 9.49. The van der Waals surface area contributed by atoms with E-state index in [1.165, 1.54) is 0 Å². The Bertz CT molecular complexity index is 835. The molecule has 0 aliphatic rings. The Morgan fingerprint density at radius 2 is 1.50 bits per heavy atom. The van der Waals surface area contributed by atoms with Gasteiger partial charge in [0.05, 0.1) is 19.5 Å². The minimum Gasteiger partial charge on any atom is -0.393 e. The molecule has 0 radical (unpaired) electrons. The Hall–Kier alpha value is -0.570. The molecule has 2 rings (SSSR count). The van der Waals surface area contributed by atoms with E-state index >= 15 is 0 Å². The lowest BCUT2D eigenvalue weighted by molar-refractivity contribution is 0.00120. The lowest BCUT2D eigenvalue weighted by Crippen LogP contribution is -2.10. The van der Waals surface area contributed by atoms with Gasteiger partial charge in [-0.3, -0.25) is 4.55 Å². The lowest BCUT2D eigenvalue weighted by Gasteiger charge is -2.18. The molecule has 10 heteroatoms. The number of aliphatic hydroxyl groups excluding tert-OH is 1. The second kappa shape index (κ2) is 10.7. The van der Waals surface area contributed by atoms with Crippen molar-refractivity contribution in [2.75, 3.05) is 12.9 Å². The molecule has 26 heavy (non-hydrogen) atoms. The van der Waals surface area contributed by atoms with E-state index in [-0.39, 0.29) is 13.2 Å². The van der Waals surface area contributed by atoms with Gasteiger partial charge in [-0.15, -0.1) is 0 Å². The molecule has 1 unspecified atom stereocenters. The van der Waals surface area contributed by atoms with E-state index in [4.69, 9.17) is 55.7 Å². The fraction of sp³-hybridized carbons (Fsp3) is 0.250. The predicted octanol–water partition coefficient (Wildman–Crippen LogP) is 5.05. The number of benzene rings is 2. The third-order valence-electron chi connectivity index (χ3n) is 2.93. The highest BCUT2D eigenvalue weighted by Crippen LogP contribution is 2.30. The molecule has 0 heterocycles. The summed E-state index contributed by atoms with van der Waals surface area (Å²) >= 11 is 23.9. The molecule has 0 amide bonds. The number of aliphatic hydroxyl groups is 1. The summed E-state index contributed by atoms with van der Waals surface area (Å²) in [6.45, 7) is 0.0345. The standard InChI is InChI=1S/C15H12Cl4O2.CH4O3S/c16-10-2-1-9(13(18)5-10)8-21-15(7-20)12-4-3-11(17)6-14(12)19;1-5(2,3)4/h1-6,15,20H,7-8H2;1H3,(H,2,3,4). The minimum atomic E-state index is -3.67. The predicted molar refractivity (Wildman–Crippen MR) is 105 cm³/mol. The first-order valence-corrected chi connectivity index (χ1v) is 10.4. The quantitative estimate of drug-likeness (QED) is 0.608. The number of hydrogen-bond donors (Lipinski definition) is 2. The highest BCUT2D eigenvalue weighted by Gasteiger charge is 2.15. The zero-order chi connectivity index (χ0) is 19.9. The third kappa shape index (κ3) is 8.88. The number of halogens is 4. The smallest absolute Gasteiger partial charge is 0.261 e. The van der Waals surface area contributed by atoms with E-state index in [0.29, 0.717) is 31.9 Å². The average Bonchev–Trinajstić information content (AvgIpc) is 2.49. The van der Waals surface area contributed by atoms with Gasteiger partial charge in [0.15, 0.2) is 0 Å². The summed E-state index contributed by atoms with van der Waals surface area (Å²) < 4.78 is 31.6. The van der Waals surface area contributed by atoms with Gasteiger partial charge in [0.2, 0.25) is 0 Å². The Balaban J connectivity index is 0.000000597. The first kappa shape index (κ1) is 23.5. The van der Waals surface area contributed by atoms with Crippen LogP contribution in [0.2, 0.25) is 20.1 Å². The van der Waals surface area contributed by atoms with Gasteiger partial charge in [-0.2, -0.15) is 8.42 Å². The molecule has 144 valence electrons. The van der Waals surface area contributed by atoms with E-state index in [9.17, 15) is 13.5 Å². The van der Waals surface area contributed by atoms with Crippen LogP contribution in [0.4, 0.5) is 0 Å². The number of rotatable bonds is 5. The van der Waals surface area contributed by atoms with Crippen molar-refractivity contribution in [3.05, 3.63) is 67.6 Å². The molecule has 2 N–H and O–H groups in total. The Kier molecular flexibility index (Phi) is 9.64. The largest absolute Gasteiger partial charge is 0.393 e. The molecule has 5 nitrogen and oxygen atoms in total. The number of ether oxygens (including phenoxy) is 1. The second-order valence-electron chi connectivity index (χ2n) is 5.12. The summed E-state index contributed by atoms with van der Waals surface area (Å²) in [5.41, 5.74) is 1.46. The zero-order valence-corrected chi connectivity index (χ0v) is 17.3. The van der Waals surface area contributed by atoms with Crippen LogP contribution in [0, 0.1) is 0 Å². The van der Waals surface area contributed by atoms with Crippen LogP contribution >= 0.6 is 46.4 Å². The van der Waals surface area contributed by atoms with E-state index in [0.717, 1.165) is 5.56 Å². The topological polar surface area (TPSA) is 83.8 Å². The maximum Gasteiger partial charge on any atom is 0.261 e. The normalized spacial score (nSPS) is 12.3. The highest BCUT2D eigenvalue weighted by molar-refractivity contribution is 7.85. The Morgan fingerprint density at radius 3 is 1.96 bits per heavy atom. The Morgan fingerprint density at radius 1 is 1.00 bits per heavy atom. The monoisotopic (exact) mass is 460 g/mol.